The third kappa shape index (κ3) is 7.83. The van der Waals surface area contributed by atoms with Crippen LogP contribution in [0.5, 0.6) is 5.75 Å². The van der Waals surface area contributed by atoms with Gasteiger partial charge in [-0.05, 0) is 30.0 Å². The molecule has 23 heavy (non-hydrogen) atoms. The summed E-state index contributed by atoms with van der Waals surface area (Å²) in [4.78, 5) is 4.13. The zero-order chi connectivity index (χ0) is 17.1. The maximum Gasteiger partial charge on any atom is 0.191 e. The number of benzene rings is 1. The molecule has 0 fully saturated rings. The molecule has 1 rings (SSSR count). The van der Waals surface area contributed by atoms with E-state index in [1.165, 1.54) is 13.2 Å². The molecule has 0 aliphatic carbocycles. The van der Waals surface area contributed by atoms with Gasteiger partial charge in [0, 0.05) is 26.7 Å². The van der Waals surface area contributed by atoms with Gasteiger partial charge in [-0.3, -0.25) is 4.99 Å². The third-order valence-corrected chi connectivity index (χ3v) is 3.28. The molecule has 0 aliphatic heterocycles. The maximum absolute atomic E-state index is 13.6. The first-order valence-electron chi connectivity index (χ1n) is 7.91. The van der Waals surface area contributed by atoms with E-state index < -0.39 is 0 Å². The second-order valence-electron chi connectivity index (χ2n) is 5.62. The molecular formula is C17H28FN3O2. The lowest BCUT2D eigenvalue weighted by Gasteiger charge is -2.13. The second kappa shape index (κ2) is 10.8. The van der Waals surface area contributed by atoms with Crippen LogP contribution < -0.4 is 15.4 Å². The molecule has 0 aromatic heterocycles. The van der Waals surface area contributed by atoms with Crippen molar-refractivity contribution < 1.29 is 13.9 Å². The number of aliphatic imine (C=N–C) groups is 1. The average molecular weight is 325 g/mol. The van der Waals surface area contributed by atoms with E-state index in [-0.39, 0.29) is 11.6 Å². The van der Waals surface area contributed by atoms with Gasteiger partial charge in [0.1, 0.15) is 0 Å². The van der Waals surface area contributed by atoms with Gasteiger partial charge in [-0.2, -0.15) is 0 Å². The Bertz CT molecular complexity index is 493. The Morgan fingerprint density at radius 2 is 2.04 bits per heavy atom. The molecule has 0 saturated heterocycles. The largest absolute Gasteiger partial charge is 0.494 e. The Labute approximate surface area is 138 Å². The first-order valence-corrected chi connectivity index (χ1v) is 7.91. The van der Waals surface area contributed by atoms with Crippen LogP contribution in [0.2, 0.25) is 0 Å². The van der Waals surface area contributed by atoms with Gasteiger partial charge in [-0.15, -0.1) is 0 Å². The summed E-state index contributed by atoms with van der Waals surface area (Å²) in [5.41, 5.74) is 0.819. The lowest BCUT2D eigenvalue weighted by atomic mass is 10.1. The molecule has 0 aliphatic rings. The van der Waals surface area contributed by atoms with Gasteiger partial charge < -0.3 is 20.1 Å². The summed E-state index contributed by atoms with van der Waals surface area (Å²) < 4.78 is 24.1. The molecule has 0 spiro atoms. The van der Waals surface area contributed by atoms with E-state index >= 15 is 0 Å². The Morgan fingerprint density at radius 3 is 2.65 bits per heavy atom. The zero-order valence-electron chi connectivity index (χ0n) is 14.5. The standard InChI is InChI=1S/C17H28FN3O2/c1-13(2)7-9-23-10-8-20-17(19-3)21-12-14-5-6-16(22-4)15(18)11-14/h5-6,11,13H,7-10,12H2,1-4H3,(H2,19,20,21). The van der Waals surface area contributed by atoms with E-state index in [4.69, 9.17) is 9.47 Å². The van der Waals surface area contributed by atoms with Crippen LogP contribution in [-0.2, 0) is 11.3 Å². The first kappa shape index (κ1) is 19.2. The molecule has 1 aromatic carbocycles. The minimum absolute atomic E-state index is 0.245. The number of nitrogens with zero attached hydrogens (tertiary/aromatic N) is 1. The molecule has 6 heteroatoms. The van der Waals surface area contributed by atoms with E-state index in [0.717, 1.165) is 18.6 Å². The number of hydrogen-bond acceptors (Lipinski definition) is 3. The predicted octanol–water partition coefficient (Wildman–Crippen LogP) is 2.56. The fourth-order valence-corrected chi connectivity index (χ4v) is 1.89. The highest BCUT2D eigenvalue weighted by molar-refractivity contribution is 5.79. The summed E-state index contributed by atoms with van der Waals surface area (Å²) in [6.45, 7) is 6.91. The van der Waals surface area contributed by atoms with Crippen molar-refractivity contribution in [3.05, 3.63) is 29.6 Å². The highest BCUT2D eigenvalue weighted by Gasteiger charge is 2.04. The van der Waals surface area contributed by atoms with E-state index in [0.29, 0.717) is 31.6 Å². The molecule has 0 bridgehead atoms. The molecular weight excluding hydrogens is 297 g/mol. The number of hydrogen-bond donors (Lipinski definition) is 2. The van der Waals surface area contributed by atoms with Crippen molar-refractivity contribution in [2.24, 2.45) is 10.9 Å². The van der Waals surface area contributed by atoms with Gasteiger partial charge in [0.25, 0.3) is 0 Å². The van der Waals surface area contributed by atoms with Crippen molar-refractivity contribution in [2.75, 3.05) is 33.9 Å². The number of rotatable bonds is 9. The Hall–Kier alpha value is -1.82. The molecule has 0 heterocycles. The van der Waals surface area contributed by atoms with Gasteiger partial charge in [-0.1, -0.05) is 19.9 Å². The minimum Gasteiger partial charge on any atom is -0.494 e. The summed E-state index contributed by atoms with van der Waals surface area (Å²) in [6, 6.07) is 4.89. The van der Waals surface area contributed by atoms with Crippen molar-refractivity contribution in [2.45, 2.75) is 26.8 Å². The van der Waals surface area contributed by atoms with Crippen LogP contribution in [-0.4, -0.2) is 39.9 Å². The summed E-state index contributed by atoms with van der Waals surface area (Å²) in [6.07, 6.45) is 1.07. The Balaban J connectivity index is 2.27. The van der Waals surface area contributed by atoms with Gasteiger partial charge in [0.2, 0.25) is 0 Å². The van der Waals surface area contributed by atoms with Crippen LogP contribution in [0.25, 0.3) is 0 Å². The highest BCUT2D eigenvalue weighted by Crippen LogP contribution is 2.17. The topological polar surface area (TPSA) is 54.9 Å². The summed E-state index contributed by atoms with van der Waals surface area (Å²) in [7, 11) is 3.15. The molecule has 1 aromatic rings. The molecule has 0 saturated carbocycles. The van der Waals surface area contributed by atoms with Crippen molar-refractivity contribution in [1.29, 1.82) is 0 Å². The normalized spacial score (nSPS) is 11.7. The summed E-state index contributed by atoms with van der Waals surface area (Å²) >= 11 is 0. The molecule has 0 radical (unpaired) electrons. The molecule has 0 amide bonds. The van der Waals surface area contributed by atoms with Crippen molar-refractivity contribution in [3.63, 3.8) is 0 Å². The van der Waals surface area contributed by atoms with Crippen LogP contribution in [0.15, 0.2) is 23.2 Å². The van der Waals surface area contributed by atoms with E-state index in [2.05, 4.69) is 29.5 Å². The monoisotopic (exact) mass is 325 g/mol. The van der Waals surface area contributed by atoms with Crippen LogP contribution in [0.3, 0.4) is 0 Å². The van der Waals surface area contributed by atoms with Gasteiger partial charge >= 0.3 is 0 Å². The second-order valence-corrected chi connectivity index (χ2v) is 5.62. The maximum atomic E-state index is 13.6. The Kier molecular flexibility index (Phi) is 9.05. The van der Waals surface area contributed by atoms with E-state index in [9.17, 15) is 4.39 Å². The fourth-order valence-electron chi connectivity index (χ4n) is 1.89. The molecule has 5 nitrogen and oxygen atoms in total. The third-order valence-electron chi connectivity index (χ3n) is 3.28. The zero-order valence-corrected chi connectivity index (χ0v) is 14.5. The van der Waals surface area contributed by atoms with E-state index in [1.807, 2.05) is 6.07 Å². The number of halogens is 1. The van der Waals surface area contributed by atoms with Gasteiger partial charge in [0.05, 0.1) is 13.7 Å². The van der Waals surface area contributed by atoms with Crippen molar-refractivity contribution in [3.8, 4) is 5.75 Å². The minimum atomic E-state index is -0.367. The van der Waals surface area contributed by atoms with Crippen LogP contribution in [0, 0.1) is 11.7 Å². The quantitative estimate of drug-likeness (QED) is 0.416. The fraction of sp³-hybridized carbons (Fsp3) is 0.588. The SMILES string of the molecule is CN=C(NCCOCCC(C)C)NCc1ccc(OC)c(F)c1. The van der Waals surface area contributed by atoms with E-state index in [1.54, 1.807) is 13.1 Å². The van der Waals surface area contributed by atoms with Crippen LogP contribution >= 0.6 is 0 Å². The summed E-state index contributed by atoms with van der Waals surface area (Å²) in [5, 5.41) is 6.30. The van der Waals surface area contributed by atoms with Crippen molar-refractivity contribution in [1.82, 2.24) is 10.6 Å². The Morgan fingerprint density at radius 1 is 1.26 bits per heavy atom. The number of ether oxygens (including phenoxy) is 2. The molecule has 0 atom stereocenters. The number of nitrogens with one attached hydrogen (secondary N) is 2. The van der Waals surface area contributed by atoms with Crippen LogP contribution in [0.4, 0.5) is 4.39 Å². The predicted molar refractivity (Wildman–Crippen MR) is 91.4 cm³/mol. The van der Waals surface area contributed by atoms with Gasteiger partial charge in [-0.25, -0.2) is 4.39 Å². The lowest BCUT2D eigenvalue weighted by Crippen LogP contribution is -2.38. The van der Waals surface area contributed by atoms with Crippen molar-refractivity contribution >= 4 is 5.96 Å². The molecule has 0 unspecified atom stereocenters. The smallest absolute Gasteiger partial charge is 0.191 e. The number of guanidine groups is 1. The van der Waals surface area contributed by atoms with Crippen LogP contribution in [0.1, 0.15) is 25.8 Å². The lowest BCUT2D eigenvalue weighted by molar-refractivity contribution is 0.128. The molecule has 2 N–H and O–H groups in total. The first-order chi connectivity index (χ1) is 11.1. The number of methoxy groups -OCH3 is 1. The average Bonchev–Trinajstić information content (AvgIpc) is 2.53. The molecule has 130 valence electrons. The highest BCUT2D eigenvalue weighted by atomic mass is 19.1. The summed E-state index contributed by atoms with van der Waals surface area (Å²) in [5.74, 6) is 1.19. The van der Waals surface area contributed by atoms with Gasteiger partial charge in [0.15, 0.2) is 17.5 Å².